The Morgan fingerprint density at radius 3 is 2.69 bits per heavy atom. The normalized spacial score (nSPS) is 27.8. The van der Waals surface area contributed by atoms with Gasteiger partial charge >= 0.3 is 0 Å². The molecule has 1 fully saturated rings. The highest BCUT2D eigenvalue weighted by atomic mass is 16.3. The van der Waals surface area contributed by atoms with E-state index in [1.807, 2.05) is 6.07 Å². The smallest absolute Gasteiger partial charge is 0.108 e. The van der Waals surface area contributed by atoms with Crippen molar-refractivity contribution in [1.29, 1.82) is 0 Å². The molecule has 2 unspecified atom stereocenters. The van der Waals surface area contributed by atoms with Gasteiger partial charge in [0.05, 0.1) is 6.54 Å². The van der Waals surface area contributed by atoms with Crippen LogP contribution in [0.5, 0.6) is 0 Å². The van der Waals surface area contributed by atoms with Crippen LogP contribution in [-0.2, 0) is 6.54 Å². The van der Waals surface area contributed by atoms with Gasteiger partial charge in [-0.1, -0.05) is 30.3 Å². The minimum Gasteiger partial charge on any atom is -0.387 e. The summed E-state index contributed by atoms with van der Waals surface area (Å²) in [5.41, 5.74) is 1.37. The van der Waals surface area contributed by atoms with Gasteiger partial charge in [-0.05, 0) is 0 Å². The van der Waals surface area contributed by atoms with Gasteiger partial charge in [0.2, 0.25) is 0 Å². The van der Waals surface area contributed by atoms with Gasteiger partial charge in [-0.25, -0.2) is 0 Å². The van der Waals surface area contributed by atoms with Gasteiger partial charge in [-0.3, -0.25) is 0 Å². The van der Waals surface area contributed by atoms with Crippen molar-refractivity contribution in [2.24, 2.45) is 0 Å². The van der Waals surface area contributed by atoms with Crippen LogP contribution in [0.3, 0.4) is 0 Å². The fourth-order valence-electron chi connectivity index (χ4n) is 1.95. The molecule has 2 rings (SSSR count). The molecule has 1 aromatic rings. The molecule has 70 valence electrons. The quantitative estimate of drug-likeness (QED) is 0.646. The van der Waals surface area contributed by atoms with Crippen molar-refractivity contribution in [2.75, 3.05) is 13.1 Å². The van der Waals surface area contributed by atoms with E-state index in [1.165, 1.54) is 10.5 Å². The maximum Gasteiger partial charge on any atom is 0.108 e. The minimum absolute atomic E-state index is 0.0706. The lowest BCUT2D eigenvalue weighted by Crippen LogP contribution is -3.09. The molecular weight excluding hydrogens is 162 g/mol. The molecule has 0 saturated carbocycles. The van der Waals surface area contributed by atoms with Crippen LogP contribution in [0.25, 0.3) is 0 Å². The number of quaternary nitrogens is 1. The zero-order valence-corrected chi connectivity index (χ0v) is 7.74. The Morgan fingerprint density at radius 1 is 1.31 bits per heavy atom. The molecule has 2 nitrogen and oxygen atoms in total. The van der Waals surface area contributed by atoms with Crippen molar-refractivity contribution >= 4 is 0 Å². The van der Waals surface area contributed by atoms with Crippen molar-refractivity contribution in [1.82, 2.24) is 0 Å². The first-order chi connectivity index (χ1) is 6.34. The van der Waals surface area contributed by atoms with Crippen LogP contribution in [0.4, 0.5) is 0 Å². The van der Waals surface area contributed by atoms with Crippen LogP contribution in [-0.4, -0.2) is 24.3 Å². The average Bonchev–Trinajstić information content (AvgIpc) is 2.53. The maximum atomic E-state index is 9.36. The fraction of sp³-hybridized carbons (Fsp3) is 0.455. The van der Waals surface area contributed by atoms with Crippen LogP contribution in [0.1, 0.15) is 12.0 Å². The summed E-state index contributed by atoms with van der Waals surface area (Å²) in [4.78, 5) is 1.50. The molecule has 0 spiro atoms. The average molecular weight is 178 g/mol. The van der Waals surface area contributed by atoms with E-state index in [0.717, 1.165) is 26.1 Å². The summed E-state index contributed by atoms with van der Waals surface area (Å²) in [7, 11) is 0. The lowest BCUT2D eigenvalue weighted by molar-refractivity contribution is -0.902. The van der Waals surface area contributed by atoms with Crippen LogP contribution >= 0.6 is 0 Å². The van der Waals surface area contributed by atoms with E-state index in [2.05, 4.69) is 24.3 Å². The van der Waals surface area contributed by atoms with Crippen molar-refractivity contribution in [2.45, 2.75) is 19.1 Å². The van der Waals surface area contributed by atoms with Crippen molar-refractivity contribution in [3.63, 3.8) is 0 Å². The SMILES string of the molecule is OC1CC[NH+](Cc2ccccc2)C1. The Labute approximate surface area is 78.8 Å². The van der Waals surface area contributed by atoms with Crippen molar-refractivity contribution < 1.29 is 10.0 Å². The molecule has 2 atom stereocenters. The van der Waals surface area contributed by atoms with Gasteiger partial charge in [0, 0.05) is 12.0 Å². The van der Waals surface area contributed by atoms with Crippen molar-refractivity contribution in [3.8, 4) is 0 Å². The monoisotopic (exact) mass is 178 g/mol. The second kappa shape index (κ2) is 3.90. The van der Waals surface area contributed by atoms with Gasteiger partial charge in [0.15, 0.2) is 0 Å². The molecule has 0 amide bonds. The Kier molecular flexibility index (Phi) is 2.62. The topological polar surface area (TPSA) is 24.7 Å². The summed E-state index contributed by atoms with van der Waals surface area (Å²) in [6.45, 7) is 3.07. The molecule has 1 saturated heterocycles. The third-order valence-corrected chi connectivity index (χ3v) is 2.65. The molecule has 0 bridgehead atoms. The summed E-state index contributed by atoms with van der Waals surface area (Å²) in [6.07, 6.45) is 0.890. The predicted octanol–water partition coefficient (Wildman–Crippen LogP) is -0.164. The van der Waals surface area contributed by atoms with Gasteiger partial charge in [-0.15, -0.1) is 0 Å². The number of benzene rings is 1. The highest BCUT2D eigenvalue weighted by Crippen LogP contribution is 1.98. The number of hydrogen-bond donors (Lipinski definition) is 2. The lowest BCUT2D eigenvalue weighted by Gasteiger charge is -2.11. The van der Waals surface area contributed by atoms with Crippen LogP contribution in [0, 0.1) is 0 Å². The first kappa shape index (κ1) is 8.73. The third kappa shape index (κ3) is 2.29. The maximum absolute atomic E-state index is 9.36. The predicted molar refractivity (Wildman–Crippen MR) is 51.5 cm³/mol. The lowest BCUT2D eigenvalue weighted by atomic mass is 10.2. The zero-order valence-electron chi connectivity index (χ0n) is 7.74. The van der Waals surface area contributed by atoms with E-state index in [-0.39, 0.29) is 6.10 Å². The first-order valence-electron chi connectivity index (χ1n) is 4.90. The number of likely N-dealkylation sites (tertiary alicyclic amines) is 1. The van der Waals surface area contributed by atoms with E-state index < -0.39 is 0 Å². The molecule has 0 aliphatic carbocycles. The molecular formula is C11H16NO+. The summed E-state index contributed by atoms with van der Waals surface area (Å²) in [5.74, 6) is 0. The highest BCUT2D eigenvalue weighted by Gasteiger charge is 2.23. The first-order valence-corrected chi connectivity index (χ1v) is 4.90. The summed E-state index contributed by atoms with van der Waals surface area (Å²) in [6, 6.07) is 10.5. The Balaban J connectivity index is 1.92. The molecule has 1 aromatic carbocycles. The zero-order chi connectivity index (χ0) is 9.10. The molecule has 2 heteroatoms. The van der Waals surface area contributed by atoms with Gasteiger partial charge < -0.3 is 10.0 Å². The molecule has 13 heavy (non-hydrogen) atoms. The van der Waals surface area contributed by atoms with Crippen LogP contribution < -0.4 is 4.90 Å². The number of aliphatic hydroxyl groups excluding tert-OH is 1. The largest absolute Gasteiger partial charge is 0.387 e. The molecule has 1 heterocycles. The summed E-state index contributed by atoms with van der Waals surface area (Å²) < 4.78 is 0. The highest BCUT2D eigenvalue weighted by molar-refractivity contribution is 5.13. The van der Waals surface area contributed by atoms with Crippen LogP contribution in [0.15, 0.2) is 30.3 Å². The van der Waals surface area contributed by atoms with Gasteiger partial charge in [0.25, 0.3) is 0 Å². The van der Waals surface area contributed by atoms with Crippen LogP contribution in [0.2, 0.25) is 0 Å². The molecule has 0 radical (unpaired) electrons. The van der Waals surface area contributed by atoms with E-state index in [4.69, 9.17) is 0 Å². The Morgan fingerprint density at radius 2 is 2.08 bits per heavy atom. The van der Waals surface area contributed by atoms with Gasteiger partial charge in [-0.2, -0.15) is 0 Å². The number of aliphatic hydroxyl groups is 1. The van der Waals surface area contributed by atoms with E-state index in [9.17, 15) is 5.11 Å². The van der Waals surface area contributed by atoms with E-state index >= 15 is 0 Å². The number of nitrogens with one attached hydrogen (secondary N) is 1. The summed E-state index contributed by atoms with van der Waals surface area (Å²) >= 11 is 0. The molecule has 0 aromatic heterocycles. The molecule has 1 aliphatic rings. The standard InChI is InChI=1S/C11H15NO/c13-11-6-7-12(9-11)8-10-4-2-1-3-5-10/h1-5,11,13H,6-9H2/p+1. The minimum atomic E-state index is -0.0706. The molecule has 1 aliphatic heterocycles. The second-order valence-electron chi connectivity index (χ2n) is 3.81. The van der Waals surface area contributed by atoms with Gasteiger partial charge in [0.1, 0.15) is 19.2 Å². The second-order valence-corrected chi connectivity index (χ2v) is 3.81. The molecule has 2 N–H and O–H groups in total. The Hall–Kier alpha value is -0.860. The number of hydrogen-bond acceptors (Lipinski definition) is 1. The van der Waals surface area contributed by atoms with E-state index in [1.54, 1.807) is 0 Å². The fourth-order valence-corrected chi connectivity index (χ4v) is 1.95. The third-order valence-electron chi connectivity index (χ3n) is 2.65. The van der Waals surface area contributed by atoms with E-state index in [0.29, 0.717) is 0 Å². The number of rotatable bonds is 2. The Bertz CT molecular complexity index is 260. The van der Waals surface area contributed by atoms with Crippen molar-refractivity contribution in [3.05, 3.63) is 35.9 Å². The summed E-state index contributed by atoms with van der Waals surface area (Å²) in [5, 5.41) is 9.36.